The smallest absolute Gasteiger partial charge is 0.263 e. The highest BCUT2D eigenvalue weighted by molar-refractivity contribution is 6.23. The first-order valence-corrected chi connectivity index (χ1v) is 17.0. The highest BCUT2D eigenvalue weighted by atomic mass is 16.3. The van der Waals surface area contributed by atoms with Crippen molar-refractivity contribution in [2.75, 3.05) is 0 Å². The minimum atomic E-state index is -0.0882. The maximum absolute atomic E-state index is 14.7. The Labute approximate surface area is 285 Å². The second kappa shape index (κ2) is 8.53. The van der Waals surface area contributed by atoms with E-state index in [1.807, 2.05) is 106 Å². The normalized spacial score (nSPS) is 12.9. The Balaban J connectivity index is 1.43. The Morgan fingerprint density at radius 1 is 0.373 bits per heavy atom. The third-order valence-corrected chi connectivity index (χ3v) is 11.3. The lowest BCUT2D eigenvalue weighted by Gasteiger charge is -2.31. The van der Waals surface area contributed by atoms with Gasteiger partial charge in [-0.25, -0.2) is 0 Å². The molecule has 0 spiro atoms. The van der Waals surface area contributed by atoms with Gasteiger partial charge in [-0.3, -0.25) is 23.0 Å². The van der Waals surface area contributed by atoms with E-state index < -0.39 is 0 Å². The van der Waals surface area contributed by atoms with Crippen LogP contribution in [0.5, 0.6) is 0 Å². The molecular formula is C44H22N4O3. The molecule has 0 fully saturated rings. The average molecular weight is 655 g/mol. The van der Waals surface area contributed by atoms with Crippen LogP contribution in [-0.2, 0) is 0 Å². The second-order valence-electron chi connectivity index (χ2n) is 13.6. The van der Waals surface area contributed by atoms with Crippen LogP contribution in [0.15, 0.2) is 147 Å². The van der Waals surface area contributed by atoms with Gasteiger partial charge in [0.05, 0.1) is 60.9 Å². The number of aromatic nitrogens is 4. The molecule has 11 aromatic rings. The maximum atomic E-state index is 14.7. The molecule has 0 saturated heterocycles. The van der Waals surface area contributed by atoms with E-state index in [-0.39, 0.29) is 11.1 Å². The minimum Gasteiger partial charge on any atom is -0.456 e. The SMILES string of the molecule is O=c1c2ccccc2c2ccc3c4c2n1c1cccc2c1-n4c1c(ccc4c5ccccc5c(=O)n2c41)n3-c1cccc2oc3ccccc3c12. The summed E-state index contributed by atoms with van der Waals surface area (Å²) in [5.41, 5.74) is 10.1. The molecule has 236 valence electrons. The molecule has 6 heterocycles. The quantitative estimate of drug-likeness (QED) is 0.131. The largest absolute Gasteiger partial charge is 0.456 e. The lowest BCUT2D eigenvalue weighted by Crippen LogP contribution is -2.25. The van der Waals surface area contributed by atoms with Crippen LogP contribution in [0.2, 0.25) is 0 Å². The number of furan rings is 1. The summed E-state index contributed by atoms with van der Waals surface area (Å²) >= 11 is 0. The third-order valence-electron chi connectivity index (χ3n) is 11.3. The fraction of sp³-hybridized carbons (Fsp3) is 0. The first-order chi connectivity index (χ1) is 25.2. The second-order valence-corrected chi connectivity index (χ2v) is 13.6. The minimum absolute atomic E-state index is 0.0882. The molecule has 51 heavy (non-hydrogen) atoms. The highest BCUT2D eigenvalue weighted by Crippen LogP contribution is 2.46. The summed E-state index contributed by atoms with van der Waals surface area (Å²) < 4.78 is 14.8. The van der Waals surface area contributed by atoms with Crippen LogP contribution < -0.4 is 11.1 Å². The van der Waals surface area contributed by atoms with Crippen LogP contribution in [0.3, 0.4) is 0 Å². The van der Waals surface area contributed by atoms with Gasteiger partial charge >= 0.3 is 0 Å². The van der Waals surface area contributed by atoms with E-state index in [9.17, 15) is 9.59 Å². The standard InChI is InChI=1S/C44H22N4O3/c49-43-27-11-3-1-9-23(27)25-19-21-33-41-38(25)46(43)31-15-7-16-32-40(31)48(41)42-34(22-20-26-24-10-2-4-12-28(24)44(50)47(32)39(26)42)45(33)30-14-8-18-36-37(30)29-13-5-6-17-35(29)51-36/h1-22H. The van der Waals surface area contributed by atoms with Crippen LogP contribution in [0.25, 0.3) is 110 Å². The highest BCUT2D eigenvalue weighted by Gasteiger charge is 2.30. The first kappa shape index (κ1) is 25.8. The number of para-hydroxylation sites is 2. The molecule has 2 aliphatic rings. The zero-order valence-corrected chi connectivity index (χ0v) is 26.7. The van der Waals surface area contributed by atoms with Gasteiger partial charge in [-0.1, -0.05) is 66.7 Å². The monoisotopic (exact) mass is 654 g/mol. The first-order valence-electron chi connectivity index (χ1n) is 17.0. The van der Waals surface area contributed by atoms with Crippen molar-refractivity contribution in [3.05, 3.63) is 154 Å². The van der Waals surface area contributed by atoms with Crippen molar-refractivity contribution in [1.29, 1.82) is 0 Å². The summed E-state index contributed by atoms with van der Waals surface area (Å²) in [6.07, 6.45) is 0. The molecule has 0 saturated carbocycles. The van der Waals surface area contributed by atoms with Crippen molar-refractivity contribution in [2.24, 2.45) is 0 Å². The summed E-state index contributed by atoms with van der Waals surface area (Å²) in [7, 11) is 0. The van der Waals surface area contributed by atoms with Gasteiger partial charge in [-0.05, 0) is 77.5 Å². The third kappa shape index (κ3) is 2.80. The van der Waals surface area contributed by atoms with Crippen LogP contribution in [0.1, 0.15) is 0 Å². The van der Waals surface area contributed by atoms with E-state index in [4.69, 9.17) is 4.42 Å². The van der Waals surface area contributed by atoms with Crippen LogP contribution in [-0.4, -0.2) is 17.9 Å². The number of rotatable bonds is 1. The van der Waals surface area contributed by atoms with Gasteiger partial charge in [0.25, 0.3) is 11.1 Å². The van der Waals surface area contributed by atoms with Crippen molar-refractivity contribution in [1.82, 2.24) is 17.9 Å². The van der Waals surface area contributed by atoms with Crippen LogP contribution in [0, 0.1) is 0 Å². The molecule has 2 aliphatic heterocycles. The van der Waals surface area contributed by atoms with E-state index in [0.717, 1.165) is 99.0 Å². The van der Waals surface area contributed by atoms with Gasteiger partial charge in [0.15, 0.2) is 0 Å². The molecule has 0 bridgehead atoms. The molecule has 7 heteroatoms. The van der Waals surface area contributed by atoms with Crippen molar-refractivity contribution in [3.8, 4) is 11.4 Å². The van der Waals surface area contributed by atoms with E-state index in [1.165, 1.54) is 0 Å². The molecule has 0 amide bonds. The summed E-state index contributed by atoms with van der Waals surface area (Å²) in [6.45, 7) is 0. The van der Waals surface area contributed by atoms with Gasteiger partial charge in [0.2, 0.25) is 0 Å². The summed E-state index contributed by atoms with van der Waals surface area (Å²) in [5, 5.41) is 7.13. The van der Waals surface area contributed by atoms with Crippen molar-refractivity contribution < 1.29 is 4.42 Å². The fourth-order valence-corrected chi connectivity index (χ4v) is 9.32. The molecule has 0 aliphatic carbocycles. The van der Waals surface area contributed by atoms with E-state index in [0.29, 0.717) is 10.8 Å². The summed E-state index contributed by atoms with van der Waals surface area (Å²) in [4.78, 5) is 29.5. The van der Waals surface area contributed by atoms with Gasteiger partial charge in [0.1, 0.15) is 11.2 Å². The number of hydrogen-bond acceptors (Lipinski definition) is 3. The zero-order chi connectivity index (χ0) is 33.3. The molecule has 13 rings (SSSR count). The molecule has 0 atom stereocenters. The molecule has 0 N–H and O–H groups in total. The average Bonchev–Trinajstić information content (AvgIpc) is 3.57. The van der Waals surface area contributed by atoms with Crippen molar-refractivity contribution in [2.45, 2.75) is 0 Å². The van der Waals surface area contributed by atoms with E-state index in [2.05, 4.69) is 45.5 Å². The van der Waals surface area contributed by atoms with Gasteiger partial charge in [-0.15, -0.1) is 0 Å². The predicted molar refractivity (Wildman–Crippen MR) is 205 cm³/mol. The van der Waals surface area contributed by atoms with Crippen LogP contribution >= 0.6 is 0 Å². The summed E-state index contributed by atoms with van der Waals surface area (Å²) in [5.74, 6) is 0. The Hall–Kier alpha value is -7.12. The van der Waals surface area contributed by atoms with Gasteiger partial charge in [0, 0.05) is 26.9 Å². The summed E-state index contributed by atoms with van der Waals surface area (Å²) in [6, 6.07) is 44.7. The molecule has 7 aromatic carbocycles. The van der Waals surface area contributed by atoms with Crippen molar-refractivity contribution in [3.63, 3.8) is 0 Å². The number of benzene rings is 7. The Morgan fingerprint density at radius 2 is 0.882 bits per heavy atom. The molecular weight excluding hydrogens is 633 g/mol. The molecule has 0 unspecified atom stereocenters. The lowest BCUT2D eigenvalue weighted by atomic mass is 9.99. The molecule has 7 nitrogen and oxygen atoms in total. The van der Waals surface area contributed by atoms with Crippen LogP contribution in [0.4, 0.5) is 0 Å². The number of pyridine rings is 2. The molecule has 0 radical (unpaired) electrons. The number of nitrogens with zero attached hydrogens (tertiary/aromatic N) is 4. The Bertz CT molecular complexity index is 3580. The molecule has 4 aromatic heterocycles. The lowest BCUT2D eigenvalue weighted by molar-refractivity contribution is 0.669. The zero-order valence-electron chi connectivity index (χ0n) is 26.7. The topological polar surface area (TPSA) is 66.0 Å². The van der Waals surface area contributed by atoms with Gasteiger partial charge in [-0.2, -0.15) is 0 Å². The van der Waals surface area contributed by atoms with E-state index in [1.54, 1.807) is 0 Å². The Kier molecular flexibility index (Phi) is 4.32. The number of hydrogen-bond donors (Lipinski definition) is 0. The maximum Gasteiger partial charge on any atom is 0.263 e. The van der Waals surface area contributed by atoms with Crippen molar-refractivity contribution >= 4 is 98.4 Å². The van der Waals surface area contributed by atoms with E-state index >= 15 is 0 Å². The van der Waals surface area contributed by atoms with Gasteiger partial charge < -0.3 is 8.98 Å². The number of fused-ring (bicyclic) bond motifs is 9. The predicted octanol–water partition coefficient (Wildman–Crippen LogP) is 9.63. The fourth-order valence-electron chi connectivity index (χ4n) is 9.32. The Morgan fingerprint density at radius 3 is 1.49 bits per heavy atom.